The van der Waals surface area contributed by atoms with Crippen LogP contribution in [0.25, 0.3) is 0 Å². The van der Waals surface area contributed by atoms with E-state index >= 15 is 0 Å². The predicted molar refractivity (Wildman–Crippen MR) is 130 cm³/mol. The van der Waals surface area contributed by atoms with Crippen LogP contribution in [0.3, 0.4) is 0 Å². The van der Waals surface area contributed by atoms with Crippen molar-refractivity contribution < 1.29 is 19.1 Å². The van der Waals surface area contributed by atoms with Crippen LogP contribution < -0.4 is 15.0 Å². The van der Waals surface area contributed by atoms with Gasteiger partial charge in [0.1, 0.15) is 5.75 Å². The molecule has 1 aliphatic heterocycles. The van der Waals surface area contributed by atoms with Crippen molar-refractivity contribution in [2.45, 2.75) is 90.8 Å². The van der Waals surface area contributed by atoms with Gasteiger partial charge in [-0.2, -0.15) is 0 Å². The van der Waals surface area contributed by atoms with Crippen molar-refractivity contribution in [2.24, 2.45) is 0 Å². The summed E-state index contributed by atoms with van der Waals surface area (Å²) in [5.41, 5.74) is -0.207. The number of ether oxygens (including phenoxy) is 1. The highest BCUT2D eigenvalue weighted by Crippen LogP contribution is 2.41. The quantitative estimate of drug-likeness (QED) is 0.624. The second-order valence-corrected chi connectivity index (χ2v) is 10.1. The highest BCUT2D eigenvalue weighted by Gasteiger charge is 2.42. The van der Waals surface area contributed by atoms with E-state index in [1.54, 1.807) is 37.8 Å². The third kappa shape index (κ3) is 5.45. The Morgan fingerprint density at radius 3 is 2.52 bits per heavy atom. The number of carbonyl (C=O) groups excluding carboxylic acids is 3. The topological polar surface area (TPSA) is 79.0 Å². The fourth-order valence-corrected chi connectivity index (χ4v) is 4.96. The molecule has 0 atom stereocenters. The van der Waals surface area contributed by atoms with Crippen molar-refractivity contribution in [3.05, 3.63) is 22.7 Å². The van der Waals surface area contributed by atoms with Gasteiger partial charge in [-0.1, -0.05) is 37.8 Å². The number of rotatable bonds is 7. The van der Waals surface area contributed by atoms with Crippen molar-refractivity contribution in [3.63, 3.8) is 0 Å². The molecule has 1 heterocycles. The second kappa shape index (κ2) is 10.3. The first-order chi connectivity index (χ1) is 15.6. The van der Waals surface area contributed by atoms with Crippen LogP contribution in [0.15, 0.2) is 12.1 Å². The molecule has 8 heteroatoms. The second-order valence-electron chi connectivity index (χ2n) is 9.67. The molecule has 1 fully saturated rings. The largest absolute Gasteiger partial charge is 0.476 e. The lowest BCUT2D eigenvalue weighted by Gasteiger charge is -2.40. The summed E-state index contributed by atoms with van der Waals surface area (Å²) >= 11 is 6.60. The molecule has 1 aromatic rings. The summed E-state index contributed by atoms with van der Waals surface area (Å²) in [7, 11) is 0. The number of carbonyl (C=O) groups is 3. The van der Waals surface area contributed by atoms with Crippen LogP contribution in [0.2, 0.25) is 5.02 Å². The molecule has 0 radical (unpaired) electrons. The first-order valence-electron chi connectivity index (χ1n) is 12.0. The van der Waals surface area contributed by atoms with Crippen molar-refractivity contribution in [1.29, 1.82) is 0 Å². The normalized spacial score (nSPS) is 18.0. The molecule has 0 unspecified atom stereocenters. The number of benzene rings is 1. The maximum Gasteiger partial charge on any atom is 0.270 e. The highest BCUT2D eigenvalue weighted by molar-refractivity contribution is 6.34. The van der Waals surface area contributed by atoms with Crippen LogP contribution in [0.1, 0.15) is 83.5 Å². The summed E-state index contributed by atoms with van der Waals surface area (Å²) in [6, 6.07) is 3.53. The SMILES string of the molecule is CCC(=O)NCCN1C(=O)C(C)(C)Oc2cc(Cl)c(C(=O)N(C(C)C)C3CCCCC3)cc21. The third-order valence-electron chi connectivity index (χ3n) is 6.43. The van der Waals surface area contributed by atoms with E-state index in [1.165, 1.54) is 6.42 Å². The van der Waals surface area contributed by atoms with Crippen LogP contribution in [-0.4, -0.2) is 53.4 Å². The standard InChI is InChI=1S/C25H36ClN3O4/c1-6-22(30)27-12-13-28-20-14-18(19(26)15-21(20)33-25(4,5)24(28)32)23(31)29(16(2)3)17-10-8-7-9-11-17/h14-17H,6-13H2,1-5H3,(H,27,30). The number of anilines is 1. The minimum absolute atomic E-state index is 0.0323. The van der Waals surface area contributed by atoms with Gasteiger partial charge in [-0.05, 0) is 46.6 Å². The van der Waals surface area contributed by atoms with E-state index in [2.05, 4.69) is 5.32 Å². The molecule has 2 aliphatic rings. The van der Waals surface area contributed by atoms with E-state index in [4.69, 9.17) is 16.3 Å². The van der Waals surface area contributed by atoms with Gasteiger partial charge in [-0.15, -0.1) is 0 Å². The van der Waals surface area contributed by atoms with Crippen LogP contribution in [0.4, 0.5) is 5.69 Å². The Balaban J connectivity index is 1.96. The summed E-state index contributed by atoms with van der Waals surface area (Å²) in [5, 5.41) is 3.12. The molecule has 0 bridgehead atoms. The molecular weight excluding hydrogens is 442 g/mol. The van der Waals surface area contributed by atoms with Crippen molar-refractivity contribution in [1.82, 2.24) is 10.2 Å². The molecule has 1 saturated carbocycles. The minimum atomic E-state index is -1.08. The van der Waals surface area contributed by atoms with Gasteiger partial charge in [-0.3, -0.25) is 14.4 Å². The van der Waals surface area contributed by atoms with Crippen LogP contribution in [0, 0.1) is 0 Å². The Morgan fingerprint density at radius 2 is 1.91 bits per heavy atom. The average molecular weight is 478 g/mol. The van der Waals surface area contributed by atoms with Gasteiger partial charge < -0.3 is 19.9 Å². The van der Waals surface area contributed by atoms with Gasteiger partial charge in [0.25, 0.3) is 11.8 Å². The van der Waals surface area contributed by atoms with Crippen molar-refractivity contribution >= 4 is 35.0 Å². The lowest BCUT2D eigenvalue weighted by molar-refractivity contribution is -0.132. The number of nitrogens with one attached hydrogen (secondary N) is 1. The highest BCUT2D eigenvalue weighted by atomic mass is 35.5. The van der Waals surface area contributed by atoms with Gasteiger partial charge in [0.15, 0.2) is 5.60 Å². The van der Waals surface area contributed by atoms with Gasteiger partial charge in [-0.25, -0.2) is 0 Å². The minimum Gasteiger partial charge on any atom is -0.476 e. The van der Waals surface area contributed by atoms with E-state index < -0.39 is 5.60 Å². The first kappa shape index (κ1) is 25.3. The molecular formula is C25H36ClN3O4. The number of amides is 3. The molecule has 182 valence electrons. The smallest absolute Gasteiger partial charge is 0.270 e. The van der Waals surface area contributed by atoms with Gasteiger partial charge in [0.05, 0.1) is 16.3 Å². The van der Waals surface area contributed by atoms with Gasteiger partial charge >= 0.3 is 0 Å². The van der Waals surface area contributed by atoms with E-state index in [0.29, 0.717) is 35.0 Å². The zero-order valence-corrected chi connectivity index (χ0v) is 21.1. The zero-order valence-electron chi connectivity index (χ0n) is 20.4. The summed E-state index contributed by atoms with van der Waals surface area (Å²) in [6.07, 6.45) is 5.80. The summed E-state index contributed by atoms with van der Waals surface area (Å²) in [5.74, 6) is 0.0228. The lowest BCUT2D eigenvalue weighted by Crippen LogP contribution is -2.54. The van der Waals surface area contributed by atoms with Gasteiger partial charge in [0, 0.05) is 37.7 Å². The Labute approximate surface area is 201 Å². The van der Waals surface area contributed by atoms with E-state index in [9.17, 15) is 14.4 Å². The Kier molecular flexibility index (Phi) is 7.93. The fraction of sp³-hybridized carbons (Fsp3) is 0.640. The number of hydrogen-bond acceptors (Lipinski definition) is 4. The number of hydrogen-bond donors (Lipinski definition) is 1. The molecule has 1 N–H and O–H groups in total. The number of halogens is 1. The summed E-state index contributed by atoms with van der Waals surface area (Å²) < 4.78 is 5.96. The molecule has 33 heavy (non-hydrogen) atoms. The van der Waals surface area contributed by atoms with Gasteiger partial charge in [0.2, 0.25) is 5.91 Å². The number of fused-ring (bicyclic) bond motifs is 1. The average Bonchev–Trinajstić information content (AvgIpc) is 2.76. The van der Waals surface area contributed by atoms with E-state index in [1.807, 2.05) is 18.7 Å². The maximum absolute atomic E-state index is 13.7. The zero-order chi connectivity index (χ0) is 24.3. The van der Waals surface area contributed by atoms with Crippen molar-refractivity contribution in [3.8, 4) is 5.75 Å². The third-order valence-corrected chi connectivity index (χ3v) is 6.75. The van der Waals surface area contributed by atoms with Crippen LogP contribution >= 0.6 is 11.6 Å². The molecule has 3 rings (SSSR count). The van der Waals surface area contributed by atoms with E-state index in [-0.39, 0.29) is 36.3 Å². The van der Waals surface area contributed by atoms with Crippen molar-refractivity contribution in [2.75, 3.05) is 18.0 Å². The molecule has 3 amide bonds. The first-order valence-corrected chi connectivity index (χ1v) is 12.4. The lowest BCUT2D eigenvalue weighted by atomic mass is 9.92. The summed E-state index contributed by atoms with van der Waals surface area (Å²) in [4.78, 5) is 42.1. The molecule has 0 saturated heterocycles. The Bertz CT molecular complexity index is 909. The van der Waals surface area contributed by atoms with E-state index in [0.717, 1.165) is 25.7 Å². The number of nitrogens with zero attached hydrogens (tertiary/aromatic N) is 2. The molecule has 0 aromatic heterocycles. The molecule has 7 nitrogen and oxygen atoms in total. The molecule has 1 aliphatic carbocycles. The van der Waals surface area contributed by atoms with Crippen LogP contribution in [0.5, 0.6) is 5.75 Å². The Hall–Kier alpha value is -2.28. The van der Waals surface area contributed by atoms with Crippen LogP contribution in [-0.2, 0) is 9.59 Å². The molecule has 0 spiro atoms. The summed E-state index contributed by atoms with van der Waals surface area (Å²) in [6.45, 7) is 9.81. The fourth-order valence-electron chi connectivity index (χ4n) is 4.73. The Morgan fingerprint density at radius 1 is 1.24 bits per heavy atom. The monoisotopic (exact) mass is 477 g/mol. The molecule has 1 aromatic carbocycles. The maximum atomic E-state index is 13.7. The predicted octanol–water partition coefficient (Wildman–Crippen LogP) is 4.55.